The summed E-state index contributed by atoms with van der Waals surface area (Å²) >= 11 is 0. The molecule has 4 heteroatoms. The monoisotopic (exact) mass is 277 g/mol. The first-order chi connectivity index (χ1) is 9.51. The summed E-state index contributed by atoms with van der Waals surface area (Å²) in [5.74, 6) is -1.35. The number of rotatable bonds is 4. The van der Waals surface area contributed by atoms with E-state index < -0.39 is 11.6 Å². The van der Waals surface area contributed by atoms with Gasteiger partial charge in [-0.05, 0) is 61.7 Å². The third-order valence-corrected chi connectivity index (χ3v) is 3.05. The third kappa shape index (κ3) is 3.14. The molecule has 0 aliphatic rings. The summed E-state index contributed by atoms with van der Waals surface area (Å²) in [7, 11) is 0. The van der Waals surface area contributed by atoms with Crippen LogP contribution in [0.15, 0.2) is 30.3 Å². The lowest BCUT2D eigenvalue weighted by atomic mass is 10.1. The van der Waals surface area contributed by atoms with E-state index >= 15 is 0 Å². The number of ether oxygens (including phenoxy) is 1. The van der Waals surface area contributed by atoms with Crippen molar-refractivity contribution in [3.8, 4) is 11.5 Å². The fourth-order valence-electron chi connectivity index (χ4n) is 1.95. The molecule has 2 N–H and O–H groups in total. The van der Waals surface area contributed by atoms with Gasteiger partial charge in [0.05, 0.1) is 0 Å². The summed E-state index contributed by atoms with van der Waals surface area (Å²) in [6, 6.07) is 8.04. The summed E-state index contributed by atoms with van der Waals surface area (Å²) in [6.07, 6.45) is 0.428. The SMILES string of the molecule is Cc1ccc(C)c(Oc2c(F)cc(CCN)cc2F)c1. The molecular weight excluding hydrogens is 260 g/mol. The van der Waals surface area contributed by atoms with Crippen molar-refractivity contribution in [3.05, 3.63) is 58.7 Å². The molecule has 0 amide bonds. The second-order valence-electron chi connectivity index (χ2n) is 4.80. The van der Waals surface area contributed by atoms with E-state index in [0.717, 1.165) is 11.1 Å². The van der Waals surface area contributed by atoms with E-state index in [0.29, 0.717) is 24.3 Å². The van der Waals surface area contributed by atoms with Gasteiger partial charge in [0.25, 0.3) is 0 Å². The molecule has 0 saturated heterocycles. The Morgan fingerprint density at radius 3 is 2.30 bits per heavy atom. The fourth-order valence-corrected chi connectivity index (χ4v) is 1.95. The first-order valence-electron chi connectivity index (χ1n) is 6.44. The minimum atomic E-state index is -0.714. The van der Waals surface area contributed by atoms with E-state index in [-0.39, 0.29) is 5.75 Å². The Bertz CT molecular complexity index is 603. The van der Waals surface area contributed by atoms with Crippen LogP contribution in [0.2, 0.25) is 0 Å². The molecule has 0 aromatic heterocycles. The van der Waals surface area contributed by atoms with Crippen molar-refractivity contribution < 1.29 is 13.5 Å². The van der Waals surface area contributed by atoms with Crippen LogP contribution in [0.3, 0.4) is 0 Å². The molecule has 0 aliphatic carbocycles. The number of hydrogen-bond donors (Lipinski definition) is 1. The predicted molar refractivity (Wildman–Crippen MR) is 75.1 cm³/mol. The van der Waals surface area contributed by atoms with E-state index in [1.165, 1.54) is 12.1 Å². The maximum atomic E-state index is 13.9. The summed E-state index contributed by atoms with van der Waals surface area (Å²) in [6.45, 7) is 4.06. The molecule has 0 aliphatic heterocycles. The third-order valence-electron chi connectivity index (χ3n) is 3.05. The molecule has 2 rings (SSSR count). The van der Waals surface area contributed by atoms with Crippen molar-refractivity contribution in [1.29, 1.82) is 0 Å². The number of aryl methyl sites for hydroxylation is 2. The second kappa shape index (κ2) is 6.01. The maximum absolute atomic E-state index is 13.9. The lowest BCUT2D eigenvalue weighted by Crippen LogP contribution is -2.04. The van der Waals surface area contributed by atoms with Crippen molar-refractivity contribution in [2.75, 3.05) is 6.54 Å². The van der Waals surface area contributed by atoms with Crippen LogP contribution in [0.4, 0.5) is 8.78 Å². The van der Waals surface area contributed by atoms with Gasteiger partial charge in [-0.25, -0.2) is 8.78 Å². The zero-order valence-corrected chi connectivity index (χ0v) is 11.5. The highest BCUT2D eigenvalue weighted by molar-refractivity contribution is 5.41. The largest absolute Gasteiger partial charge is 0.451 e. The lowest BCUT2D eigenvalue weighted by molar-refractivity contribution is 0.404. The molecule has 0 bridgehead atoms. The van der Waals surface area contributed by atoms with Crippen molar-refractivity contribution in [3.63, 3.8) is 0 Å². The number of benzene rings is 2. The summed E-state index contributed by atoms with van der Waals surface area (Å²) in [4.78, 5) is 0. The first-order valence-corrected chi connectivity index (χ1v) is 6.44. The molecule has 0 fully saturated rings. The number of hydrogen-bond acceptors (Lipinski definition) is 2. The minimum Gasteiger partial charge on any atom is -0.451 e. The Balaban J connectivity index is 2.36. The van der Waals surface area contributed by atoms with E-state index in [9.17, 15) is 8.78 Å². The van der Waals surface area contributed by atoms with E-state index in [1.807, 2.05) is 26.0 Å². The highest BCUT2D eigenvalue weighted by Gasteiger charge is 2.14. The van der Waals surface area contributed by atoms with Gasteiger partial charge in [0.1, 0.15) is 5.75 Å². The van der Waals surface area contributed by atoms with Crippen LogP contribution in [0, 0.1) is 25.5 Å². The van der Waals surface area contributed by atoms with E-state index in [1.54, 1.807) is 6.07 Å². The van der Waals surface area contributed by atoms with Crippen molar-refractivity contribution >= 4 is 0 Å². The molecule has 2 nitrogen and oxygen atoms in total. The minimum absolute atomic E-state index is 0.343. The normalized spacial score (nSPS) is 10.7. The molecule has 2 aromatic rings. The van der Waals surface area contributed by atoms with E-state index in [2.05, 4.69) is 0 Å². The molecule has 2 aromatic carbocycles. The van der Waals surface area contributed by atoms with Gasteiger partial charge >= 0.3 is 0 Å². The average molecular weight is 277 g/mol. The highest BCUT2D eigenvalue weighted by Crippen LogP contribution is 2.31. The number of halogens is 2. The van der Waals surface area contributed by atoms with Gasteiger partial charge in [0.2, 0.25) is 0 Å². The molecule has 0 saturated carbocycles. The molecule has 0 heterocycles. The van der Waals surface area contributed by atoms with Gasteiger partial charge < -0.3 is 10.5 Å². The quantitative estimate of drug-likeness (QED) is 0.920. The molecular formula is C16H17F2NO. The molecule has 0 spiro atoms. The average Bonchev–Trinajstić information content (AvgIpc) is 2.38. The van der Waals surface area contributed by atoms with Gasteiger partial charge in [-0.15, -0.1) is 0 Å². The topological polar surface area (TPSA) is 35.2 Å². The van der Waals surface area contributed by atoms with Crippen LogP contribution in [-0.2, 0) is 6.42 Å². The van der Waals surface area contributed by atoms with Gasteiger partial charge in [-0.3, -0.25) is 0 Å². The first kappa shape index (κ1) is 14.5. The van der Waals surface area contributed by atoms with Crippen LogP contribution in [-0.4, -0.2) is 6.54 Å². The smallest absolute Gasteiger partial charge is 0.198 e. The van der Waals surface area contributed by atoms with Crippen molar-refractivity contribution in [2.45, 2.75) is 20.3 Å². The summed E-state index contributed by atoms with van der Waals surface area (Å²) in [5.41, 5.74) is 7.69. The van der Waals surface area contributed by atoms with Crippen LogP contribution in [0.1, 0.15) is 16.7 Å². The summed E-state index contributed by atoms with van der Waals surface area (Å²) < 4.78 is 33.3. The second-order valence-corrected chi connectivity index (χ2v) is 4.80. The predicted octanol–water partition coefficient (Wildman–Crippen LogP) is 3.88. The fraction of sp³-hybridized carbons (Fsp3) is 0.250. The van der Waals surface area contributed by atoms with Crippen molar-refractivity contribution in [1.82, 2.24) is 0 Å². The van der Waals surface area contributed by atoms with E-state index in [4.69, 9.17) is 10.5 Å². The molecule has 20 heavy (non-hydrogen) atoms. The van der Waals surface area contributed by atoms with Gasteiger partial charge in [-0.2, -0.15) is 0 Å². The number of nitrogens with two attached hydrogens (primary N) is 1. The maximum Gasteiger partial charge on any atom is 0.198 e. The van der Waals surface area contributed by atoms with Crippen LogP contribution in [0.5, 0.6) is 11.5 Å². The zero-order chi connectivity index (χ0) is 14.7. The lowest BCUT2D eigenvalue weighted by Gasteiger charge is -2.12. The standard InChI is InChI=1S/C16H17F2NO/c1-10-3-4-11(2)15(7-10)20-16-13(17)8-12(5-6-19)9-14(16)18/h3-4,7-9H,5-6,19H2,1-2H3. The Labute approximate surface area is 117 Å². The van der Waals surface area contributed by atoms with Gasteiger partial charge in [0.15, 0.2) is 17.4 Å². The zero-order valence-electron chi connectivity index (χ0n) is 11.5. The van der Waals surface area contributed by atoms with Crippen LogP contribution >= 0.6 is 0 Å². The Hall–Kier alpha value is -1.94. The highest BCUT2D eigenvalue weighted by atomic mass is 19.1. The van der Waals surface area contributed by atoms with Gasteiger partial charge in [-0.1, -0.05) is 12.1 Å². The molecule has 0 radical (unpaired) electrons. The Kier molecular flexibility index (Phi) is 4.35. The molecule has 0 atom stereocenters. The van der Waals surface area contributed by atoms with Crippen molar-refractivity contribution in [2.24, 2.45) is 5.73 Å². The van der Waals surface area contributed by atoms with Gasteiger partial charge in [0, 0.05) is 0 Å². The molecule has 0 unspecified atom stereocenters. The van der Waals surface area contributed by atoms with Crippen LogP contribution in [0.25, 0.3) is 0 Å². The Morgan fingerprint density at radius 1 is 1.05 bits per heavy atom. The van der Waals surface area contributed by atoms with Crippen LogP contribution < -0.4 is 10.5 Å². The molecule has 106 valence electrons. The summed E-state index contributed by atoms with van der Waals surface area (Å²) in [5, 5.41) is 0. The Morgan fingerprint density at radius 2 is 1.70 bits per heavy atom.